The van der Waals surface area contributed by atoms with Crippen molar-refractivity contribution < 1.29 is 9.90 Å². The average molecular weight is 214 g/mol. The number of aliphatic hydroxyl groups is 1. The molecule has 1 aliphatic heterocycles. The Morgan fingerprint density at radius 1 is 1.53 bits per heavy atom. The van der Waals surface area contributed by atoms with Gasteiger partial charge in [0.2, 0.25) is 5.91 Å². The third-order valence-electron chi connectivity index (χ3n) is 3.04. The number of nitrogens with zero attached hydrogens (tertiary/aromatic N) is 2. The highest BCUT2D eigenvalue weighted by atomic mass is 16.3. The van der Waals surface area contributed by atoms with Crippen molar-refractivity contribution in [2.45, 2.75) is 32.2 Å². The summed E-state index contributed by atoms with van der Waals surface area (Å²) in [4.78, 5) is 15.5. The van der Waals surface area contributed by atoms with E-state index in [-0.39, 0.29) is 12.5 Å². The van der Waals surface area contributed by atoms with Crippen LogP contribution in [0.2, 0.25) is 0 Å². The molecular weight excluding hydrogens is 192 g/mol. The Hall–Kier alpha value is -0.610. The monoisotopic (exact) mass is 214 g/mol. The first-order valence-electron chi connectivity index (χ1n) is 5.71. The number of amides is 1. The quantitative estimate of drug-likeness (QED) is 0.732. The zero-order valence-corrected chi connectivity index (χ0v) is 9.78. The van der Waals surface area contributed by atoms with Gasteiger partial charge in [0, 0.05) is 32.6 Å². The summed E-state index contributed by atoms with van der Waals surface area (Å²) in [5, 5.41) is 8.82. The highest BCUT2D eigenvalue weighted by molar-refractivity contribution is 5.73. The molecule has 0 aliphatic carbocycles. The van der Waals surface area contributed by atoms with Gasteiger partial charge in [-0.25, -0.2) is 0 Å². The first-order valence-corrected chi connectivity index (χ1v) is 5.71. The van der Waals surface area contributed by atoms with Crippen molar-refractivity contribution in [2.24, 2.45) is 0 Å². The third-order valence-corrected chi connectivity index (χ3v) is 3.04. The van der Waals surface area contributed by atoms with Crippen LogP contribution in [-0.2, 0) is 4.79 Å². The summed E-state index contributed by atoms with van der Waals surface area (Å²) in [6, 6.07) is 0.341. The van der Waals surface area contributed by atoms with Gasteiger partial charge in [0.05, 0.1) is 6.61 Å². The second-order valence-corrected chi connectivity index (χ2v) is 4.35. The Labute approximate surface area is 91.9 Å². The molecule has 1 aliphatic rings. The predicted molar refractivity (Wildman–Crippen MR) is 59.6 cm³/mol. The highest BCUT2D eigenvalue weighted by Gasteiger charge is 2.24. The van der Waals surface area contributed by atoms with E-state index in [1.807, 2.05) is 11.9 Å². The Morgan fingerprint density at radius 3 is 2.87 bits per heavy atom. The van der Waals surface area contributed by atoms with Crippen molar-refractivity contribution in [1.82, 2.24) is 9.80 Å². The molecule has 1 saturated heterocycles. The van der Waals surface area contributed by atoms with Crippen LogP contribution in [0.5, 0.6) is 0 Å². The summed E-state index contributed by atoms with van der Waals surface area (Å²) in [5.74, 6) is 0.178. The standard InChI is InChI=1S/C11H22N2O2/c1-10(15)13-6-4-3-5-11(13)9-12(2)7-8-14/h11,14H,3-9H2,1-2H3/t11-/m0/s1. The average Bonchev–Trinajstić information content (AvgIpc) is 2.18. The predicted octanol–water partition coefficient (Wildman–Crippen LogP) is 0.311. The maximum atomic E-state index is 11.4. The number of hydrogen-bond acceptors (Lipinski definition) is 3. The minimum atomic E-state index is 0.178. The van der Waals surface area contributed by atoms with Crippen LogP contribution in [0.1, 0.15) is 26.2 Å². The molecule has 1 atom stereocenters. The number of likely N-dealkylation sites (tertiary alicyclic amines) is 1. The molecule has 0 saturated carbocycles. The van der Waals surface area contributed by atoms with E-state index in [4.69, 9.17) is 5.11 Å². The Morgan fingerprint density at radius 2 is 2.27 bits per heavy atom. The molecule has 4 heteroatoms. The molecule has 1 N–H and O–H groups in total. The highest BCUT2D eigenvalue weighted by Crippen LogP contribution is 2.17. The van der Waals surface area contributed by atoms with Crippen LogP contribution in [0.15, 0.2) is 0 Å². The van der Waals surface area contributed by atoms with E-state index in [1.54, 1.807) is 6.92 Å². The lowest BCUT2D eigenvalue weighted by molar-refractivity contribution is -0.132. The van der Waals surface area contributed by atoms with Crippen molar-refractivity contribution in [3.63, 3.8) is 0 Å². The molecule has 0 aromatic heterocycles. The second-order valence-electron chi connectivity index (χ2n) is 4.35. The fourth-order valence-electron chi connectivity index (χ4n) is 2.23. The summed E-state index contributed by atoms with van der Waals surface area (Å²) in [5.41, 5.74) is 0. The molecule has 1 fully saturated rings. The molecule has 0 spiro atoms. The number of likely N-dealkylation sites (N-methyl/N-ethyl adjacent to an activating group) is 1. The topological polar surface area (TPSA) is 43.8 Å². The Balaban J connectivity index is 2.45. The molecule has 0 radical (unpaired) electrons. The van der Waals surface area contributed by atoms with Crippen LogP contribution < -0.4 is 0 Å². The van der Waals surface area contributed by atoms with Crippen LogP contribution in [0.3, 0.4) is 0 Å². The zero-order chi connectivity index (χ0) is 11.3. The summed E-state index contributed by atoms with van der Waals surface area (Å²) >= 11 is 0. The van der Waals surface area contributed by atoms with Gasteiger partial charge in [-0.3, -0.25) is 4.79 Å². The fourth-order valence-corrected chi connectivity index (χ4v) is 2.23. The van der Waals surface area contributed by atoms with E-state index in [0.717, 1.165) is 25.9 Å². The minimum Gasteiger partial charge on any atom is -0.395 e. The Bertz CT molecular complexity index is 209. The second kappa shape index (κ2) is 6.08. The van der Waals surface area contributed by atoms with Crippen molar-refractivity contribution >= 4 is 5.91 Å². The molecule has 0 aromatic carbocycles. The van der Waals surface area contributed by atoms with Gasteiger partial charge in [-0.05, 0) is 26.3 Å². The van der Waals surface area contributed by atoms with Crippen molar-refractivity contribution in [1.29, 1.82) is 0 Å². The lowest BCUT2D eigenvalue weighted by atomic mass is 10.0. The zero-order valence-electron chi connectivity index (χ0n) is 9.78. The number of aliphatic hydroxyl groups excluding tert-OH is 1. The molecule has 1 rings (SSSR count). The van der Waals surface area contributed by atoms with Crippen LogP contribution in [-0.4, -0.2) is 60.1 Å². The molecule has 15 heavy (non-hydrogen) atoms. The van der Waals surface area contributed by atoms with Gasteiger partial charge in [0.1, 0.15) is 0 Å². The van der Waals surface area contributed by atoms with E-state index in [2.05, 4.69) is 4.90 Å². The van der Waals surface area contributed by atoms with Crippen LogP contribution in [0.4, 0.5) is 0 Å². The number of piperidine rings is 1. The molecule has 1 amide bonds. The lowest BCUT2D eigenvalue weighted by Gasteiger charge is -2.37. The molecular formula is C11H22N2O2. The van der Waals surface area contributed by atoms with Crippen LogP contribution >= 0.6 is 0 Å². The van der Waals surface area contributed by atoms with Crippen molar-refractivity contribution in [3.05, 3.63) is 0 Å². The largest absolute Gasteiger partial charge is 0.395 e. The SMILES string of the molecule is CC(=O)N1CCCC[C@H]1CN(C)CCO. The molecule has 0 aromatic rings. The van der Waals surface area contributed by atoms with Gasteiger partial charge in [0.15, 0.2) is 0 Å². The van der Waals surface area contributed by atoms with E-state index in [1.165, 1.54) is 6.42 Å². The van der Waals surface area contributed by atoms with Gasteiger partial charge in [-0.2, -0.15) is 0 Å². The number of hydrogen-bond donors (Lipinski definition) is 1. The number of carbonyl (C=O) groups excluding carboxylic acids is 1. The Kier molecular flexibility index (Phi) is 5.05. The summed E-state index contributed by atoms with van der Waals surface area (Å²) in [7, 11) is 1.99. The summed E-state index contributed by atoms with van der Waals surface area (Å²) in [6.07, 6.45) is 3.43. The van der Waals surface area contributed by atoms with Crippen molar-refractivity contribution in [2.75, 3.05) is 33.3 Å². The van der Waals surface area contributed by atoms with Crippen LogP contribution in [0, 0.1) is 0 Å². The van der Waals surface area contributed by atoms with Gasteiger partial charge in [-0.15, -0.1) is 0 Å². The van der Waals surface area contributed by atoms with Gasteiger partial charge >= 0.3 is 0 Å². The van der Waals surface area contributed by atoms with Gasteiger partial charge in [-0.1, -0.05) is 0 Å². The van der Waals surface area contributed by atoms with Gasteiger partial charge < -0.3 is 14.9 Å². The minimum absolute atomic E-state index is 0.178. The fraction of sp³-hybridized carbons (Fsp3) is 0.909. The first-order chi connectivity index (χ1) is 7.15. The maximum Gasteiger partial charge on any atom is 0.219 e. The van der Waals surface area contributed by atoms with E-state index in [0.29, 0.717) is 12.6 Å². The third kappa shape index (κ3) is 3.80. The molecule has 1 heterocycles. The van der Waals surface area contributed by atoms with E-state index in [9.17, 15) is 4.79 Å². The lowest BCUT2D eigenvalue weighted by Crippen LogP contribution is -2.48. The normalized spacial score (nSPS) is 22.1. The molecule has 0 bridgehead atoms. The van der Waals surface area contributed by atoms with Gasteiger partial charge in [0.25, 0.3) is 0 Å². The number of carbonyl (C=O) groups is 1. The molecule has 88 valence electrons. The van der Waals surface area contributed by atoms with Crippen molar-refractivity contribution in [3.8, 4) is 0 Å². The summed E-state index contributed by atoms with van der Waals surface area (Å²) < 4.78 is 0. The summed E-state index contributed by atoms with van der Waals surface area (Å²) in [6.45, 7) is 4.28. The van der Waals surface area contributed by atoms with Crippen LogP contribution in [0.25, 0.3) is 0 Å². The molecule has 0 unspecified atom stereocenters. The number of rotatable bonds is 4. The smallest absolute Gasteiger partial charge is 0.219 e. The molecule has 4 nitrogen and oxygen atoms in total. The first kappa shape index (κ1) is 12.5. The van der Waals surface area contributed by atoms with E-state index >= 15 is 0 Å². The van der Waals surface area contributed by atoms with E-state index < -0.39 is 0 Å². The maximum absolute atomic E-state index is 11.4.